The first-order chi connectivity index (χ1) is 7.74. The summed E-state index contributed by atoms with van der Waals surface area (Å²) in [5, 5.41) is 12.3. The minimum Gasteiger partial charge on any atom is -0.396 e. The Morgan fingerprint density at radius 3 is 2.25 bits per heavy atom. The minimum absolute atomic E-state index is 0.346. The van der Waals surface area contributed by atoms with Crippen molar-refractivity contribution in [1.82, 2.24) is 5.32 Å². The van der Waals surface area contributed by atoms with Gasteiger partial charge in [-0.3, -0.25) is 0 Å². The van der Waals surface area contributed by atoms with Crippen LogP contribution >= 0.6 is 0 Å². The molecule has 0 heterocycles. The van der Waals surface area contributed by atoms with E-state index in [1.807, 2.05) is 0 Å². The number of unbranched alkanes of at least 4 members (excludes halogenated alkanes) is 3. The molecule has 0 aromatic heterocycles. The lowest BCUT2D eigenvalue weighted by atomic mass is 9.98. The van der Waals surface area contributed by atoms with Crippen LogP contribution in [0.4, 0.5) is 0 Å². The van der Waals surface area contributed by atoms with Crippen molar-refractivity contribution in [2.24, 2.45) is 5.92 Å². The molecule has 2 N–H and O–H groups in total. The van der Waals surface area contributed by atoms with E-state index in [1.165, 1.54) is 38.5 Å². The maximum absolute atomic E-state index is 8.66. The summed E-state index contributed by atoms with van der Waals surface area (Å²) in [6.45, 7) is 8.36. The number of nitrogens with one attached hydrogen (secondary N) is 1. The third kappa shape index (κ3) is 9.17. The van der Waals surface area contributed by atoms with Gasteiger partial charge in [0.05, 0.1) is 0 Å². The molecule has 0 aliphatic heterocycles. The van der Waals surface area contributed by atoms with Gasteiger partial charge in [-0.05, 0) is 38.1 Å². The Kier molecular flexibility index (Phi) is 11.3. The zero-order valence-corrected chi connectivity index (χ0v) is 11.5. The van der Waals surface area contributed by atoms with Gasteiger partial charge in [0, 0.05) is 12.6 Å². The van der Waals surface area contributed by atoms with Crippen LogP contribution in [-0.2, 0) is 0 Å². The fourth-order valence-electron chi connectivity index (χ4n) is 1.94. The highest BCUT2D eigenvalue weighted by atomic mass is 16.2. The van der Waals surface area contributed by atoms with Crippen LogP contribution in [0.15, 0.2) is 0 Å². The minimum atomic E-state index is 0.346. The number of hydrogen-bond acceptors (Lipinski definition) is 2. The molecule has 0 aromatic rings. The normalized spacial score (nSPS) is 15.0. The molecule has 0 aliphatic rings. The molecule has 0 aliphatic carbocycles. The van der Waals surface area contributed by atoms with Gasteiger partial charge in [-0.15, -0.1) is 0 Å². The molecule has 2 unspecified atom stereocenters. The average molecular weight is 229 g/mol. The third-order valence-corrected chi connectivity index (χ3v) is 3.39. The van der Waals surface area contributed by atoms with Crippen molar-refractivity contribution in [3.8, 4) is 0 Å². The zero-order valence-electron chi connectivity index (χ0n) is 11.5. The van der Waals surface area contributed by atoms with Crippen LogP contribution in [0.25, 0.3) is 0 Å². The molecular formula is C14H31NO. The van der Waals surface area contributed by atoms with Gasteiger partial charge in [0.1, 0.15) is 0 Å². The second kappa shape index (κ2) is 11.4. The standard InChI is InChI=1S/C14H31NO/c1-4-13(3)12-14(5-2)15-10-8-6-7-9-11-16/h13-16H,4-12H2,1-3H3. The molecule has 0 radical (unpaired) electrons. The first kappa shape index (κ1) is 15.9. The van der Waals surface area contributed by atoms with E-state index in [0.717, 1.165) is 18.9 Å². The van der Waals surface area contributed by atoms with E-state index in [1.54, 1.807) is 0 Å². The van der Waals surface area contributed by atoms with Crippen molar-refractivity contribution in [1.29, 1.82) is 0 Å². The Morgan fingerprint density at radius 1 is 1.00 bits per heavy atom. The smallest absolute Gasteiger partial charge is 0.0431 e. The van der Waals surface area contributed by atoms with Crippen LogP contribution in [0.3, 0.4) is 0 Å². The number of rotatable bonds is 11. The van der Waals surface area contributed by atoms with E-state index in [9.17, 15) is 0 Å². The van der Waals surface area contributed by atoms with E-state index in [-0.39, 0.29) is 0 Å². The van der Waals surface area contributed by atoms with E-state index in [2.05, 4.69) is 26.1 Å². The maximum Gasteiger partial charge on any atom is 0.0431 e. The van der Waals surface area contributed by atoms with Gasteiger partial charge in [-0.1, -0.05) is 40.0 Å². The maximum atomic E-state index is 8.66. The van der Waals surface area contributed by atoms with Gasteiger partial charge in [0.15, 0.2) is 0 Å². The summed E-state index contributed by atoms with van der Waals surface area (Å²) < 4.78 is 0. The van der Waals surface area contributed by atoms with Gasteiger partial charge in [0.25, 0.3) is 0 Å². The first-order valence-electron chi connectivity index (χ1n) is 7.08. The van der Waals surface area contributed by atoms with Crippen molar-refractivity contribution in [3.63, 3.8) is 0 Å². The molecule has 0 rings (SSSR count). The molecule has 98 valence electrons. The summed E-state index contributed by atoms with van der Waals surface area (Å²) in [5.74, 6) is 0.840. The number of aliphatic hydroxyl groups excluding tert-OH is 1. The molecule has 2 atom stereocenters. The average Bonchev–Trinajstić information content (AvgIpc) is 2.31. The summed E-state index contributed by atoms with van der Waals surface area (Å²) >= 11 is 0. The Labute approximate surface area is 102 Å². The van der Waals surface area contributed by atoms with Crippen LogP contribution in [0.1, 0.15) is 65.7 Å². The summed E-state index contributed by atoms with van der Waals surface area (Å²) in [4.78, 5) is 0. The predicted molar refractivity (Wildman–Crippen MR) is 71.7 cm³/mol. The highest BCUT2D eigenvalue weighted by Crippen LogP contribution is 2.12. The SMILES string of the molecule is CCC(C)CC(CC)NCCCCCCO. The van der Waals surface area contributed by atoms with Gasteiger partial charge < -0.3 is 10.4 Å². The largest absolute Gasteiger partial charge is 0.396 e. The molecule has 0 aromatic carbocycles. The van der Waals surface area contributed by atoms with Crippen molar-refractivity contribution in [3.05, 3.63) is 0 Å². The summed E-state index contributed by atoms with van der Waals surface area (Å²) in [7, 11) is 0. The van der Waals surface area contributed by atoms with Crippen molar-refractivity contribution in [2.45, 2.75) is 71.8 Å². The number of hydrogen-bond donors (Lipinski definition) is 2. The fourth-order valence-corrected chi connectivity index (χ4v) is 1.94. The second-order valence-corrected chi connectivity index (χ2v) is 4.95. The van der Waals surface area contributed by atoms with E-state index < -0.39 is 0 Å². The highest BCUT2D eigenvalue weighted by molar-refractivity contribution is 4.67. The van der Waals surface area contributed by atoms with Crippen LogP contribution in [-0.4, -0.2) is 24.3 Å². The molecule has 0 saturated heterocycles. The second-order valence-electron chi connectivity index (χ2n) is 4.95. The molecule has 2 heteroatoms. The van der Waals surface area contributed by atoms with Crippen LogP contribution in [0.5, 0.6) is 0 Å². The number of aliphatic hydroxyl groups is 1. The van der Waals surface area contributed by atoms with Crippen LogP contribution in [0, 0.1) is 5.92 Å². The lowest BCUT2D eigenvalue weighted by molar-refractivity contribution is 0.282. The first-order valence-corrected chi connectivity index (χ1v) is 7.08. The Morgan fingerprint density at radius 2 is 1.69 bits per heavy atom. The van der Waals surface area contributed by atoms with E-state index in [4.69, 9.17) is 5.11 Å². The van der Waals surface area contributed by atoms with Crippen LogP contribution < -0.4 is 5.32 Å². The highest BCUT2D eigenvalue weighted by Gasteiger charge is 2.08. The predicted octanol–water partition coefficient (Wildman–Crippen LogP) is 3.34. The monoisotopic (exact) mass is 229 g/mol. The van der Waals surface area contributed by atoms with Gasteiger partial charge >= 0.3 is 0 Å². The van der Waals surface area contributed by atoms with Crippen molar-refractivity contribution in [2.75, 3.05) is 13.2 Å². The molecule has 0 bridgehead atoms. The molecule has 0 amide bonds. The Bertz CT molecular complexity index is 139. The van der Waals surface area contributed by atoms with Gasteiger partial charge in [-0.25, -0.2) is 0 Å². The Hall–Kier alpha value is -0.0800. The molecule has 0 fully saturated rings. The summed E-state index contributed by atoms with van der Waals surface area (Å²) in [6.07, 6.45) is 8.45. The van der Waals surface area contributed by atoms with Crippen molar-refractivity contribution < 1.29 is 5.11 Å². The van der Waals surface area contributed by atoms with E-state index in [0.29, 0.717) is 12.6 Å². The summed E-state index contributed by atoms with van der Waals surface area (Å²) in [6, 6.07) is 0.702. The zero-order chi connectivity index (χ0) is 12.2. The van der Waals surface area contributed by atoms with Gasteiger partial charge in [0.2, 0.25) is 0 Å². The third-order valence-electron chi connectivity index (χ3n) is 3.39. The molecule has 2 nitrogen and oxygen atoms in total. The fraction of sp³-hybridized carbons (Fsp3) is 1.00. The lowest BCUT2D eigenvalue weighted by Crippen LogP contribution is -2.30. The summed E-state index contributed by atoms with van der Waals surface area (Å²) in [5.41, 5.74) is 0. The van der Waals surface area contributed by atoms with Gasteiger partial charge in [-0.2, -0.15) is 0 Å². The topological polar surface area (TPSA) is 32.3 Å². The van der Waals surface area contributed by atoms with E-state index >= 15 is 0 Å². The molecular weight excluding hydrogens is 198 g/mol. The molecule has 16 heavy (non-hydrogen) atoms. The molecule has 0 spiro atoms. The Balaban J connectivity index is 3.40. The molecule has 0 saturated carbocycles. The lowest BCUT2D eigenvalue weighted by Gasteiger charge is -2.20. The quantitative estimate of drug-likeness (QED) is 0.533. The van der Waals surface area contributed by atoms with Crippen LogP contribution in [0.2, 0.25) is 0 Å². The van der Waals surface area contributed by atoms with Crippen molar-refractivity contribution >= 4 is 0 Å².